The van der Waals surface area contributed by atoms with E-state index in [1.54, 1.807) is 0 Å². The standard InChI is InChI=1S/C9H12N2O6S/c1-2-18(16,17)4-3-11-5-6(8(13)14)7(12)10-9(11)15/h5H,2-4H2,1H3,(H,13,14)(H,10,12,15). The van der Waals surface area contributed by atoms with Gasteiger partial charge in [-0.2, -0.15) is 0 Å². The normalized spacial score (nSPS) is 11.4. The lowest BCUT2D eigenvalue weighted by Gasteiger charge is -2.05. The zero-order chi connectivity index (χ0) is 13.9. The molecule has 0 bridgehead atoms. The zero-order valence-electron chi connectivity index (χ0n) is 9.54. The van der Waals surface area contributed by atoms with Crippen LogP contribution in [0.4, 0.5) is 0 Å². The number of carboxylic acids is 1. The van der Waals surface area contributed by atoms with E-state index in [-0.39, 0.29) is 18.1 Å². The highest BCUT2D eigenvalue weighted by molar-refractivity contribution is 7.91. The number of aromatic amines is 1. The zero-order valence-corrected chi connectivity index (χ0v) is 10.4. The molecule has 0 atom stereocenters. The molecule has 0 aliphatic carbocycles. The molecule has 0 aliphatic heterocycles. The summed E-state index contributed by atoms with van der Waals surface area (Å²) in [5, 5.41) is 8.70. The topological polar surface area (TPSA) is 126 Å². The van der Waals surface area contributed by atoms with Gasteiger partial charge in [0.1, 0.15) is 5.56 Å². The molecule has 1 aromatic heterocycles. The molecular weight excluding hydrogens is 264 g/mol. The molecule has 1 heterocycles. The van der Waals surface area contributed by atoms with Crippen molar-refractivity contribution in [3.63, 3.8) is 0 Å². The van der Waals surface area contributed by atoms with Gasteiger partial charge in [-0.15, -0.1) is 0 Å². The Hall–Kier alpha value is -1.90. The van der Waals surface area contributed by atoms with Gasteiger partial charge in [-0.1, -0.05) is 6.92 Å². The average Bonchev–Trinajstić information content (AvgIpc) is 2.27. The second kappa shape index (κ2) is 5.17. The van der Waals surface area contributed by atoms with Crippen LogP contribution in [0.3, 0.4) is 0 Å². The number of aromatic carboxylic acids is 1. The van der Waals surface area contributed by atoms with Gasteiger partial charge in [0.25, 0.3) is 5.56 Å². The van der Waals surface area contributed by atoms with Gasteiger partial charge in [0.15, 0.2) is 9.84 Å². The smallest absolute Gasteiger partial charge is 0.342 e. The number of rotatable bonds is 5. The molecule has 0 radical (unpaired) electrons. The van der Waals surface area contributed by atoms with Crippen molar-refractivity contribution in [2.75, 3.05) is 11.5 Å². The first-order valence-corrected chi connectivity index (χ1v) is 6.86. The Bertz CT molecular complexity index is 669. The van der Waals surface area contributed by atoms with Crippen LogP contribution in [0, 0.1) is 0 Å². The summed E-state index contributed by atoms with van der Waals surface area (Å²) in [6.45, 7) is 1.26. The third-order valence-electron chi connectivity index (χ3n) is 2.32. The van der Waals surface area contributed by atoms with Gasteiger partial charge in [0, 0.05) is 18.5 Å². The van der Waals surface area contributed by atoms with Crippen molar-refractivity contribution in [2.24, 2.45) is 0 Å². The second-order valence-electron chi connectivity index (χ2n) is 3.54. The predicted octanol–water partition coefficient (Wildman–Crippen LogP) is -1.33. The van der Waals surface area contributed by atoms with Crippen LogP contribution in [0.15, 0.2) is 15.8 Å². The van der Waals surface area contributed by atoms with Crippen molar-refractivity contribution in [3.05, 3.63) is 32.6 Å². The van der Waals surface area contributed by atoms with Crippen LogP contribution in [0.5, 0.6) is 0 Å². The van der Waals surface area contributed by atoms with Crippen molar-refractivity contribution >= 4 is 15.8 Å². The maximum absolute atomic E-state index is 11.3. The first-order chi connectivity index (χ1) is 8.26. The molecule has 0 spiro atoms. The van der Waals surface area contributed by atoms with E-state index < -0.39 is 32.6 Å². The van der Waals surface area contributed by atoms with Crippen molar-refractivity contribution in [2.45, 2.75) is 13.5 Å². The number of aryl methyl sites for hydroxylation is 1. The Morgan fingerprint density at radius 3 is 2.56 bits per heavy atom. The van der Waals surface area contributed by atoms with Gasteiger partial charge in [0.2, 0.25) is 0 Å². The second-order valence-corrected chi connectivity index (χ2v) is 6.01. The Labute approximate surface area is 102 Å². The molecule has 100 valence electrons. The summed E-state index contributed by atoms with van der Waals surface area (Å²) in [6, 6.07) is 0. The fourth-order valence-corrected chi connectivity index (χ4v) is 1.97. The molecule has 18 heavy (non-hydrogen) atoms. The van der Waals surface area contributed by atoms with Crippen LogP contribution in [-0.4, -0.2) is 40.6 Å². The van der Waals surface area contributed by atoms with Crippen LogP contribution in [0.1, 0.15) is 17.3 Å². The molecule has 0 unspecified atom stereocenters. The SMILES string of the molecule is CCS(=O)(=O)CCn1cc(C(=O)O)c(=O)[nH]c1=O. The van der Waals surface area contributed by atoms with Crippen LogP contribution in [0.2, 0.25) is 0 Å². The van der Waals surface area contributed by atoms with E-state index >= 15 is 0 Å². The number of sulfone groups is 1. The summed E-state index contributed by atoms with van der Waals surface area (Å²) in [6.07, 6.45) is 0.842. The minimum atomic E-state index is -3.28. The average molecular weight is 276 g/mol. The van der Waals surface area contributed by atoms with E-state index in [2.05, 4.69) is 0 Å². The van der Waals surface area contributed by atoms with Crippen molar-refractivity contribution in [1.82, 2.24) is 9.55 Å². The number of aromatic nitrogens is 2. The van der Waals surface area contributed by atoms with E-state index in [4.69, 9.17) is 5.11 Å². The third kappa shape index (κ3) is 3.29. The van der Waals surface area contributed by atoms with Gasteiger partial charge in [-0.25, -0.2) is 18.0 Å². The molecule has 0 aromatic carbocycles. The number of carbonyl (C=O) groups is 1. The largest absolute Gasteiger partial charge is 0.477 e. The number of H-pyrrole nitrogens is 1. The molecule has 0 aliphatic rings. The maximum Gasteiger partial charge on any atom is 0.342 e. The maximum atomic E-state index is 11.3. The Kier molecular flexibility index (Phi) is 4.07. The fraction of sp³-hybridized carbons (Fsp3) is 0.444. The lowest BCUT2D eigenvalue weighted by atomic mass is 10.3. The number of hydrogen-bond acceptors (Lipinski definition) is 5. The van der Waals surface area contributed by atoms with E-state index in [1.165, 1.54) is 6.92 Å². The summed E-state index contributed by atoms with van der Waals surface area (Å²) in [4.78, 5) is 35.0. The van der Waals surface area contributed by atoms with E-state index in [1.807, 2.05) is 4.98 Å². The molecule has 0 amide bonds. The number of nitrogens with zero attached hydrogens (tertiary/aromatic N) is 1. The van der Waals surface area contributed by atoms with Gasteiger partial charge >= 0.3 is 11.7 Å². The number of nitrogens with one attached hydrogen (secondary N) is 1. The summed E-state index contributed by atoms with van der Waals surface area (Å²) < 4.78 is 23.4. The predicted molar refractivity (Wildman–Crippen MR) is 62.6 cm³/mol. The molecule has 1 rings (SSSR count). The summed E-state index contributed by atoms with van der Waals surface area (Å²) >= 11 is 0. The van der Waals surface area contributed by atoms with Crippen LogP contribution >= 0.6 is 0 Å². The monoisotopic (exact) mass is 276 g/mol. The Balaban J connectivity index is 3.11. The first-order valence-electron chi connectivity index (χ1n) is 5.04. The number of carboxylic acid groups (broad SMARTS) is 1. The van der Waals surface area contributed by atoms with E-state index in [0.717, 1.165) is 10.8 Å². The summed E-state index contributed by atoms with van der Waals surface area (Å²) in [7, 11) is -3.28. The van der Waals surface area contributed by atoms with Gasteiger partial charge < -0.3 is 5.11 Å². The summed E-state index contributed by atoms with van der Waals surface area (Å²) in [5.74, 6) is -1.85. The molecule has 8 nitrogen and oxygen atoms in total. The van der Waals surface area contributed by atoms with Crippen molar-refractivity contribution < 1.29 is 18.3 Å². The van der Waals surface area contributed by atoms with Crippen LogP contribution < -0.4 is 11.2 Å². The van der Waals surface area contributed by atoms with Gasteiger partial charge in [-0.3, -0.25) is 14.3 Å². The first kappa shape index (κ1) is 14.2. The lowest BCUT2D eigenvalue weighted by Crippen LogP contribution is -2.34. The number of hydrogen-bond donors (Lipinski definition) is 2. The van der Waals surface area contributed by atoms with Gasteiger partial charge in [-0.05, 0) is 0 Å². The minimum Gasteiger partial charge on any atom is -0.477 e. The molecule has 1 aromatic rings. The Morgan fingerprint density at radius 2 is 2.06 bits per heavy atom. The molecule has 9 heteroatoms. The highest BCUT2D eigenvalue weighted by Gasteiger charge is 2.13. The van der Waals surface area contributed by atoms with E-state index in [0.29, 0.717) is 0 Å². The van der Waals surface area contributed by atoms with Gasteiger partial charge in [0.05, 0.1) is 5.75 Å². The lowest BCUT2D eigenvalue weighted by molar-refractivity contribution is 0.0693. The van der Waals surface area contributed by atoms with Crippen LogP contribution in [-0.2, 0) is 16.4 Å². The summed E-state index contributed by atoms with van der Waals surface area (Å²) in [5.41, 5.74) is -2.46. The third-order valence-corrected chi connectivity index (χ3v) is 4.01. The molecular formula is C9H12N2O6S. The molecule has 2 N–H and O–H groups in total. The van der Waals surface area contributed by atoms with Crippen molar-refractivity contribution in [1.29, 1.82) is 0 Å². The highest BCUT2D eigenvalue weighted by atomic mass is 32.2. The van der Waals surface area contributed by atoms with Crippen molar-refractivity contribution in [3.8, 4) is 0 Å². The van der Waals surface area contributed by atoms with Crippen LogP contribution in [0.25, 0.3) is 0 Å². The Morgan fingerprint density at radius 1 is 1.44 bits per heavy atom. The molecule has 0 saturated heterocycles. The highest BCUT2D eigenvalue weighted by Crippen LogP contribution is 1.93. The molecule has 0 saturated carbocycles. The fourth-order valence-electron chi connectivity index (χ4n) is 1.21. The quantitative estimate of drug-likeness (QED) is 0.686. The molecule has 0 fully saturated rings. The minimum absolute atomic E-state index is 0.0725. The van der Waals surface area contributed by atoms with E-state index in [9.17, 15) is 22.8 Å².